The summed E-state index contributed by atoms with van der Waals surface area (Å²) >= 11 is 2.96. The maximum Gasteiger partial charge on any atom is 0.410 e. The highest BCUT2D eigenvalue weighted by molar-refractivity contribution is 9.10. The molecule has 2 atom stereocenters. The normalized spacial score (nSPS) is 19.9. The maximum absolute atomic E-state index is 14.3. The molecule has 170 valence electrons. The molecule has 2 saturated heterocycles. The van der Waals surface area contributed by atoms with E-state index in [2.05, 4.69) is 26.2 Å². The number of rotatable bonds is 3. The van der Waals surface area contributed by atoms with Gasteiger partial charge in [0.15, 0.2) is 5.82 Å². The van der Waals surface area contributed by atoms with Crippen LogP contribution in [0.5, 0.6) is 0 Å². The number of nitrogens with zero attached hydrogens (tertiary/aromatic N) is 3. The van der Waals surface area contributed by atoms with E-state index in [1.807, 2.05) is 25.7 Å². The van der Waals surface area contributed by atoms with Gasteiger partial charge in [0, 0.05) is 25.3 Å². The van der Waals surface area contributed by atoms with Crippen LogP contribution < -0.4 is 10.2 Å². The summed E-state index contributed by atoms with van der Waals surface area (Å²) < 4.78 is 33.7. The van der Waals surface area contributed by atoms with Gasteiger partial charge in [0.05, 0.1) is 23.0 Å². The van der Waals surface area contributed by atoms with Gasteiger partial charge in [-0.05, 0) is 67.4 Å². The van der Waals surface area contributed by atoms with Gasteiger partial charge in [-0.3, -0.25) is 4.79 Å². The van der Waals surface area contributed by atoms with Crippen molar-refractivity contribution in [1.82, 2.24) is 9.88 Å². The fourth-order valence-electron chi connectivity index (χ4n) is 4.15. The van der Waals surface area contributed by atoms with Crippen molar-refractivity contribution in [2.75, 3.05) is 23.3 Å². The molecular weight excluding hydrogens is 486 g/mol. The first-order valence-corrected chi connectivity index (χ1v) is 11.0. The van der Waals surface area contributed by atoms with Gasteiger partial charge in [-0.25, -0.2) is 18.6 Å². The molecule has 2 fully saturated rings. The van der Waals surface area contributed by atoms with Crippen molar-refractivity contribution in [3.63, 3.8) is 0 Å². The number of hydrogen-bond donors (Lipinski definition) is 1. The van der Waals surface area contributed by atoms with Crippen LogP contribution in [0.3, 0.4) is 0 Å². The number of anilines is 2. The van der Waals surface area contributed by atoms with E-state index in [0.29, 0.717) is 18.8 Å². The summed E-state index contributed by atoms with van der Waals surface area (Å²) in [4.78, 5) is 32.7. The highest BCUT2D eigenvalue weighted by Crippen LogP contribution is 2.39. The molecule has 1 aromatic heterocycles. The Balaban J connectivity index is 1.54. The Morgan fingerprint density at radius 2 is 1.94 bits per heavy atom. The van der Waals surface area contributed by atoms with Gasteiger partial charge in [-0.1, -0.05) is 0 Å². The van der Waals surface area contributed by atoms with Gasteiger partial charge in [-0.15, -0.1) is 0 Å². The number of carbonyl (C=O) groups is 2. The zero-order valence-electron chi connectivity index (χ0n) is 17.9. The van der Waals surface area contributed by atoms with Crippen molar-refractivity contribution in [2.45, 2.75) is 44.9 Å². The van der Waals surface area contributed by atoms with Crippen LogP contribution in [0, 0.1) is 11.6 Å². The van der Waals surface area contributed by atoms with E-state index < -0.39 is 23.1 Å². The molecule has 3 heterocycles. The molecule has 1 N–H and O–H groups in total. The van der Waals surface area contributed by atoms with Gasteiger partial charge in [0.25, 0.3) is 5.91 Å². The lowest BCUT2D eigenvalue weighted by molar-refractivity contribution is 0.0214. The van der Waals surface area contributed by atoms with Gasteiger partial charge in [-0.2, -0.15) is 0 Å². The SMILES string of the molecule is CC(C)(C)OC(=O)N1C[C@H]2C[C@@H]1CN2c1ccc(F)cc1NC(=O)c1ccnc(Br)c1F. The smallest absolute Gasteiger partial charge is 0.410 e. The lowest BCUT2D eigenvalue weighted by atomic mass is 10.1. The lowest BCUT2D eigenvalue weighted by Gasteiger charge is -2.37. The number of nitrogens with one attached hydrogen (secondary N) is 1. The molecule has 10 heteroatoms. The zero-order valence-corrected chi connectivity index (χ0v) is 19.4. The highest BCUT2D eigenvalue weighted by atomic mass is 79.9. The molecule has 7 nitrogen and oxygen atoms in total. The number of hydrogen-bond acceptors (Lipinski definition) is 5. The first-order valence-electron chi connectivity index (χ1n) is 10.2. The van der Waals surface area contributed by atoms with Crippen molar-refractivity contribution in [3.05, 3.63) is 52.3 Å². The Bertz CT molecular complexity index is 1080. The van der Waals surface area contributed by atoms with Crippen molar-refractivity contribution in [3.8, 4) is 0 Å². The number of piperazine rings is 1. The monoisotopic (exact) mass is 508 g/mol. The van der Waals surface area contributed by atoms with E-state index in [1.165, 1.54) is 24.4 Å². The average molecular weight is 509 g/mol. The van der Waals surface area contributed by atoms with Crippen molar-refractivity contribution >= 4 is 39.3 Å². The van der Waals surface area contributed by atoms with Crippen LogP contribution in [0.15, 0.2) is 35.1 Å². The minimum Gasteiger partial charge on any atom is -0.444 e. The number of likely N-dealkylation sites (tertiary alicyclic amines) is 1. The van der Waals surface area contributed by atoms with Crippen LogP contribution in [-0.4, -0.2) is 52.7 Å². The van der Waals surface area contributed by atoms with Crippen LogP contribution in [0.1, 0.15) is 37.6 Å². The molecule has 0 aliphatic carbocycles. The molecule has 1 aromatic carbocycles. The minimum atomic E-state index is -0.795. The third-order valence-electron chi connectivity index (χ3n) is 5.48. The topological polar surface area (TPSA) is 74.8 Å². The predicted molar refractivity (Wildman–Crippen MR) is 119 cm³/mol. The summed E-state index contributed by atoms with van der Waals surface area (Å²) in [5, 5.41) is 2.62. The van der Waals surface area contributed by atoms with Gasteiger partial charge in [0.2, 0.25) is 0 Å². The Labute approximate surface area is 192 Å². The summed E-state index contributed by atoms with van der Waals surface area (Å²) in [6.45, 7) is 6.46. The summed E-state index contributed by atoms with van der Waals surface area (Å²) in [6, 6.07) is 5.32. The van der Waals surface area contributed by atoms with Crippen LogP contribution in [-0.2, 0) is 4.74 Å². The third-order valence-corrected chi connectivity index (χ3v) is 6.03. The van der Waals surface area contributed by atoms with E-state index in [-0.39, 0.29) is 34.0 Å². The van der Waals surface area contributed by atoms with Crippen LogP contribution in [0.25, 0.3) is 0 Å². The van der Waals surface area contributed by atoms with E-state index in [4.69, 9.17) is 4.74 Å². The molecule has 2 amide bonds. The Morgan fingerprint density at radius 1 is 1.19 bits per heavy atom. The van der Waals surface area contributed by atoms with E-state index >= 15 is 0 Å². The molecule has 0 spiro atoms. The number of aromatic nitrogens is 1. The lowest BCUT2D eigenvalue weighted by Crippen LogP contribution is -2.50. The van der Waals surface area contributed by atoms with Crippen molar-refractivity contribution in [1.29, 1.82) is 0 Å². The second-order valence-corrected chi connectivity index (χ2v) is 9.66. The molecule has 2 aromatic rings. The number of ether oxygens (including phenoxy) is 1. The predicted octanol–water partition coefficient (Wildman–Crippen LogP) is 4.57. The molecule has 32 heavy (non-hydrogen) atoms. The first kappa shape index (κ1) is 22.4. The average Bonchev–Trinajstić information content (AvgIpc) is 3.30. The van der Waals surface area contributed by atoms with Gasteiger partial charge in [0.1, 0.15) is 16.0 Å². The maximum atomic E-state index is 14.3. The Morgan fingerprint density at radius 3 is 2.59 bits per heavy atom. The fraction of sp³-hybridized carbons (Fsp3) is 0.409. The van der Waals surface area contributed by atoms with E-state index in [0.717, 1.165) is 6.42 Å². The highest BCUT2D eigenvalue weighted by Gasteiger charge is 2.47. The minimum absolute atomic E-state index is 0.000405. The van der Waals surface area contributed by atoms with Crippen LogP contribution >= 0.6 is 15.9 Å². The molecular formula is C22H23BrF2N4O3. The van der Waals surface area contributed by atoms with Crippen LogP contribution in [0.4, 0.5) is 25.0 Å². The molecule has 0 radical (unpaired) electrons. The van der Waals surface area contributed by atoms with Crippen molar-refractivity contribution in [2.24, 2.45) is 0 Å². The number of benzene rings is 1. The van der Waals surface area contributed by atoms with E-state index in [1.54, 1.807) is 11.0 Å². The zero-order chi connectivity index (χ0) is 23.2. The first-order chi connectivity index (χ1) is 15.0. The summed E-state index contributed by atoms with van der Waals surface area (Å²) in [5.41, 5.74) is 0.0639. The fourth-order valence-corrected chi connectivity index (χ4v) is 4.48. The summed E-state index contributed by atoms with van der Waals surface area (Å²) in [6.07, 6.45) is 1.70. The largest absolute Gasteiger partial charge is 0.444 e. The van der Waals surface area contributed by atoms with Crippen LogP contribution in [0.2, 0.25) is 0 Å². The summed E-state index contributed by atoms with van der Waals surface area (Å²) in [7, 11) is 0. The Hall–Kier alpha value is -2.75. The standard InChI is InChI=1S/C22H23BrF2N4O3/c1-22(2,3)32-21(31)29-11-13-9-14(29)10-28(13)17-5-4-12(24)8-16(17)27-20(30)15-6-7-26-19(23)18(15)25/h4-8,13-14H,9-11H2,1-3H3,(H,27,30)/t13-,14-/m1/s1. The van der Waals surface area contributed by atoms with E-state index in [9.17, 15) is 18.4 Å². The Kier molecular flexibility index (Phi) is 5.83. The molecule has 2 aliphatic heterocycles. The molecule has 2 aliphatic rings. The second kappa shape index (κ2) is 8.31. The van der Waals surface area contributed by atoms with Gasteiger partial charge >= 0.3 is 6.09 Å². The molecule has 0 saturated carbocycles. The quantitative estimate of drug-likeness (QED) is 0.614. The number of amides is 2. The number of halogens is 3. The summed E-state index contributed by atoms with van der Waals surface area (Å²) in [5.74, 6) is -2.03. The van der Waals surface area contributed by atoms with Crippen molar-refractivity contribution < 1.29 is 23.1 Å². The van der Waals surface area contributed by atoms with Gasteiger partial charge < -0.3 is 19.9 Å². The number of fused-ring (bicyclic) bond motifs is 2. The third kappa shape index (κ3) is 4.41. The number of carbonyl (C=O) groups excluding carboxylic acids is 2. The second-order valence-electron chi connectivity index (χ2n) is 8.91. The molecule has 2 bridgehead atoms. The number of pyridine rings is 1. The molecule has 4 rings (SSSR count). The molecule has 0 unspecified atom stereocenters.